The third kappa shape index (κ3) is 4.47. The van der Waals surface area contributed by atoms with Crippen molar-refractivity contribution in [2.45, 2.75) is 58.4 Å². The van der Waals surface area contributed by atoms with E-state index in [1.165, 1.54) is 19.3 Å². The highest BCUT2D eigenvalue weighted by Gasteiger charge is 2.31. The Balaban J connectivity index is 0.00000256. The number of halogens is 1. The minimum absolute atomic E-state index is 0. The van der Waals surface area contributed by atoms with Crippen LogP contribution in [0.1, 0.15) is 52.9 Å². The molecule has 1 aliphatic rings. The zero-order chi connectivity index (χ0) is 12.2. The lowest BCUT2D eigenvalue weighted by molar-refractivity contribution is -0.128. The van der Waals surface area contributed by atoms with Crippen molar-refractivity contribution in [1.82, 2.24) is 5.32 Å². The molecule has 102 valence electrons. The summed E-state index contributed by atoms with van der Waals surface area (Å²) in [7, 11) is 0. The van der Waals surface area contributed by atoms with Gasteiger partial charge in [0.1, 0.15) is 0 Å². The Morgan fingerprint density at radius 2 is 1.88 bits per heavy atom. The number of hydrogen-bond donors (Lipinski definition) is 2. The molecule has 0 aliphatic heterocycles. The van der Waals surface area contributed by atoms with Crippen LogP contribution in [0.2, 0.25) is 0 Å². The Morgan fingerprint density at radius 1 is 1.35 bits per heavy atom. The molecule has 0 bridgehead atoms. The molecular formula is C13H27ClN2O. The number of hydrogen-bond acceptors (Lipinski definition) is 2. The second-order valence-corrected chi connectivity index (χ2v) is 5.60. The molecule has 17 heavy (non-hydrogen) atoms. The van der Waals surface area contributed by atoms with Crippen molar-refractivity contribution >= 4 is 18.3 Å². The summed E-state index contributed by atoms with van der Waals surface area (Å²) in [5.41, 5.74) is 5.52. The van der Waals surface area contributed by atoms with E-state index in [0.29, 0.717) is 12.5 Å². The Morgan fingerprint density at radius 3 is 2.29 bits per heavy atom. The fraction of sp³-hybridized carbons (Fsp3) is 0.923. The zero-order valence-electron chi connectivity index (χ0n) is 11.3. The molecule has 1 fully saturated rings. The zero-order valence-corrected chi connectivity index (χ0v) is 12.1. The quantitative estimate of drug-likeness (QED) is 0.818. The van der Waals surface area contributed by atoms with Crippen molar-refractivity contribution < 1.29 is 4.79 Å². The number of nitrogens with one attached hydrogen (secondary N) is 1. The van der Waals surface area contributed by atoms with Gasteiger partial charge in [0, 0.05) is 12.5 Å². The highest BCUT2D eigenvalue weighted by atomic mass is 35.5. The summed E-state index contributed by atoms with van der Waals surface area (Å²) in [5.74, 6) is 0.796. The Labute approximate surface area is 111 Å². The van der Waals surface area contributed by atoms with Crippen molar-refractivity contribution in [3.63, 3.8) is 0 Å². The Hall–Kier alpha value is -0.280. The van der Waals surface area contributed by atoms with Gasteiger partial charge in [0.25, 0.3) is 0 Å². The van der Waals surface area contributed by atoms with Crippen LogP contribution < -0.4 is 11.1 Å². The molecule has 0 aromatic heterocycles. The van der Waals surface area contributed by atoms with E-state index in [9.17, 15) is 4.79 Å². The van der Waals surface area contributed by atoms with Crippen LogP contribution in [-0.2, 0) is 4.79 Å². The van der Waals surface area contributed by atoms with Gasteiger partial charge in [-0.2, -0.15) is 0 Å². The van der Waals surface area contributed by atoms with Gasteiger partial charge in [-0.3, -0.25) is 4.79 Å². The second kappa shape index (κ2) is 7.22. The molecule has 1 unspecified atom stereocenters. The molecule has 1 amide bonds. The number of carbonyl (C=O) groups is 1. The minimum atomic E-state index is -0.255. The Kier molecular flexibility index (Phi) is 7.10. The van der Waals surface area contributed by atoms with Crippen LogP contribution in [0.25, 0.3) is 0 Å². The molecule has 1 atom stereocenters. The number of nitrogens with two attached hydrogens (primary N) is 1. The first kappa shape index (κ1) is 16.7. The number of amides is 1. The third-order valence-corrected chi connectivity index (χ3v) is 4.08. The third-order valence-electron chi connectivity index (χ3n) is 4.08. The average Bonchev–Trinajstić information content (AvgIpc) is 2.29. The molecule has 1 saturated carbocycles. The van der Waals surface area contributed by atoms with E-state index in [4.69, 9.17) is 5.73 Å². The van der Waals surface area contributed by atoms with Crippen LogP contribution in [0.15, 0.2) is 0 Å². The molecule has 1 aliphatic carbocycles. The lowest BCUT2D eigenvalue weighted by Gasteiger charge is -2.35. The van der Waals surface area contributed by atoms with Crippen molar-refractivity contribution in [3.8, 4) is 0 Å². The summed E-state index contributed by atoms with van der Waals surface area (Å²) in [6.45, 7) is 6.75. The molecule has 0 spiro atoms. The van der Waals surface area contributed by atoms with Crippen molar-refractivity contribution in [2.24, 2.45) is 17.6 Å². The van der Waals surface area contributed by atoms with Crippen LogP contribution in [0.4, 0.5) is 0 Å². The molecule has 0 heterocycles. The summed E-state index contributed by atoms with van der Waals surface area (Å²) in [4.78, 5) is 12.1. The van der Waals surface area contributed by atoms with Gasteiger partial charge in [-0.15, -0.1) is 12.4 Å². The van der Waals surface area contributed by atoms with E-state index in [-0.39, 0.29) is 29.8 Å². The van der Waals surface area contributed by atoms with Gasteiger partial charge in [-0.05, 0) is 25.7 Å². The van der Waals surface area contributed by atoms with E-state index in [2.05, 4.69) is 19.2 Å². The van der Waals surface area contributed by atoms with E-state index in [1.54, 1.807) is 0 Å². The maximum Gasteiger partial charge on any atom is 0.223 e. The largest absolute Gasteiger partial charge is 0.349 e. The minimum Gasteiger partial charge on any atom is -0.349 e. The van der Waals surface area contributed by atoms with Crippen LogP contribution in [0.3, 0.4) is 0 Å². The summed E-state index contributed by atoms with van der Waals surface area (Å²) in [5, 5.41) is 3.15. The average molecular weight is 263 g/mol. The highest BCUT2D eigenvalue weighted by Crippen LogP contribution is 2.25. The van der Waals surface area contributed by atoms with Crippen molar-refractivity contribution in [1.29, 1.82) is 0 Å². The van der Waals surface area contributed by atoms with Gasteiger partial charge in [-0.25, -0.2) is 0 Å². The van der Waals surface area contributed by atoms with E-state index in [0.717, 1.165) is 12.8 Å². The van der Waals surface area contributed by atoms with Crippen LogP contribution in [-0.4, -0.2) is 18.0 Å². The first-order valence-corrected chi connectivity index (χ1v) is 6.51. The molecule has 0 saturated heterocycles. The van der Waals surface area contributed by atoms with Crippen LogP contribution in [0, 0.1) is 11.8 Å². The fourth-order valence-corrected chi connectivity index (χ4v) is 2.18. The van der Waals surface area contributed by atoms with Gasteiger partial charge in [-0.1, -0.05) is 33.1 Å². The normalized spacial score (nSPS) is 20.5. The fourth-order valence-electron chi connectivity index (χ4n) is 2.18. The maximum absolute atomic E-state index is 12.1. The molecule has 3 N–H and O–H groups in total. The lowest BCUT2D eigenvalue weighted by Crippen LogP contribution is -2.56. The molecule has 0 radical (unpaired) electrons. The van der Waals surface area contributed by atoms with Crippen LogP contribution >= 0.6 is 12.4 Å². The van der Waals surface area contributed by atoms with Crippen molar-refractivity contribution in [2.75, 3.05) is 6.54 Å². The monoisotopic (exact) mass is 262 g/mol. The first-order valence-electron chi connectivity index (χ1n) is 6.51. The molecule has 4 heteroatoms. The predicted molar refractivity (Wildman–Crippen MR) is 74.3 cm³/mol. The van der Waals surface area contributed by atoms with E-state index in [1.807, 2.05) is 6.92 Å². The Bertz CT molecular complexity index is 240. The van der Waals surface area contributed by atoms with Gasteiger partial charge in [0.2, 0.25) is 5.91 Å². The standard InChI is InChI=1S/C13H26N2O.ClH/c1-10(2)13(3,9-14)15-12(16)11-7-5-4-6-8-11;/h10-11H,4-9,14H2,1-3H3,(H,15,16);1H. The van der Waals surface area contributed by atoms with Gasteiger partial charge in [0.05, 0.1) is 5.54 Å². The smallest absolute Gasteiger partial charge is 0.223 e. The van der Waals surface area contributed by atoms with E-state index < -0.39 is 0 Å². The summed E-state index contributed by atoms with van der Waals surface area (Å²) < 4.78 is 0. The summed E-state index contributed by atoms with van der Waals surface area (Å²) >= 11 is 0. The maximum atomic E-state index is 12.1. The van der Waals surface area contributed by atoms with E-state index >= 15 is 0 Å². The molecule has 0 aromatic carbocycles. The number of carbonyl (C=O) groups excluding carboxylic acids is 1. The molecule has 0 aromatic rings. The molecule has 3 nitrogen and oxygen atoms in total. The van der Waals surface area contributed by atoms with Crippen molar-refractivity contribution in [3.05, 3.63) is 0 Å². The SMILES string of the molecule is CC(C)C(C)(CN)NC(=O)C1CCCCC1.Cl. The van der Waals surface area contributed by atoms with Gasteiger partial charge < -0.3 is 11.1 Å². The molecule has 1 rings (SSSR count). The first-order chi connectivity index (χ1) is 7.49. The van der Waals surface area contributed by atoms with Gasteiger partial charge in [0.15, 0.2) is 0 Å². The topological polar surface area (TPSA) is 55.1 Å². The second-order valence-electron chi connectivity index (χ2n) is 5.60. The number of rotatable bonds is 4. The highest BCUT2D eigenvalue weighted by molar-refractivity contribution is 5.85. The van der Waals surface area contributed by atoms with Crippen LogP contribution in [0.5, 0.6) is 0 Å². The summed E-state index contributed by atoms with van der Waals surface area (Å²) in [6, 6.07) is 0. The summed E-state index contributed by atoms with van der Waals surface area (Å²) in [6.07, 6.45) is 5.76. The lowest BCUT2D eigenvalue weighted by atomic mass is 9.85. The molecular weight excluding hydrogens is 236 g/mol. The predicted octanol–water partition coefficient (Wildman–Crippen LogP) is 2.48. The van der Waals surface area contributed by atoms with Gasteiger partial charge >= 0.3 is 0 Å².